The average Bonchev–Trinajstić information content (AvgIpc) is 3.52. The fraction of sp³-hybridized carbons (Fsp3) is 0.385. The van der Waals surface area contributed by atoms with Crippen molar-refractivity contribution in [3.63, 3.8) is 0 Å². The molecule has 32 heavy (non-hydrogen) atoms. The van der Waals surface area contributed by atoms with Crippen molar-refractivity contribution in [1.29, 1.82) is 0 Å². The van der Waals surface area contributed by atoms with E-state index in [1.807, 2.05) is 0 Å². The molecular weight excluding hydrogens is 396 g/mol. The molecule has 6 rings (SSSR count). The summed E-state index contributed by atoms with van der Waals surface area (Å²) in [5.74, 6) is 2.16. The number of nitrogens with zero attached hydrogens (tertiary/aromatic N) is 6. The standard InChI is InChI=1S/C26H30N6/c1-2-6-23-21(5-1)7-9-24(27-23)30-17-19-31(20-18-30)25-10-8-22-11-14-32(26(22)28-25)16-15-29-12-3-4-13-29/h1-2,5-11,14H,3-4,12-13,15-20H2. The van der Waals surface area contributed by atoms with E-state index in [4.69, 9.17) is 9.97 Å². The Morgan fingerprint density at radius 1 is 0.625 bits per heavy atom. The van der Waals surface area contributed by atoms with Gasteiger partial charge in [0.2, 0.25) is 0 Å². The normalized spacial score (nSPS) is 17.6. The Morgan fingerprint density at radius 3 is 2.09 bits per heavy atom. The lowest BCUT2D eigenvalue weighted by molar-refractivity contribution is 0.324. The number of rotatable bonds is 5. The summed E-state index contributed by atoms with van der Waals surface area (Å²) >= 11 is 0. The molecule has 0 saturated carbocycles. The lowest BCUT2D eigenvalue weighted by Crippen LogP contribution is -2.47. The second kappa shape index (κ2) is 8.43. The van der Waals surface area contributed by atoms with Gasteiger partial charge in [-0.15, -0.1) is 0 Å². The van der Waals surface area contributed by atoms with Crippen LogP contribution in [0.2, 0.25) is 0 Å². The minimum absolute atomic E-state index is 0.959. The van der Waals surface area contributed by atoms with Gasteiger partial charge in [-0.25, -0.2) is 9.97 Å². The van der Waals surface area contributed by atoms with E-state index in [-0.39, 0.29) is 0 Å². The Morgan fingerprint density at radius 2 is 1.31 bits per heavy atom. The van der Waals surface area contributed by atoms with Gasteiger partial charge < -0.3 is 19.3 Å². The van der Waals surface area contributed by atoms with Crippen molar-refractivity contribution in [3.8, 4) is 0 Å². The molecule has 0 unspecified atom stereocenters. The minimum Gasteiger partial charge on any atom is -0.353 e. The van der Waals surface area contributed by atoms with Crippen molar-refractivity contribution < 1.29 is 0 Å². The lowest BCUT2D eigenvalue weighted by atomic mass is 10.2. The van der Waals surface area contributed by atoms with Crippen LogP contribution in [0.1, 0.15) is 12.8 Å². The third kappa shape index (κ3) is 3.79. The molecule has 0 bridgehead atoms. The van der Waals surface area contributed by atoms with Crippen LogP contribution in [0.25, 0.3) is 21.9 Å². The number of hydrogen-bond donors (Lipinski definition) is 0. The summed E-state index contributed by atoms with van der Waals surface area (Å²) in [7, 11) is 0. The molecule has 0 aliphatic carbocycles. The number of fused-ring (bicyclic) bond motifs is 2. The molecule has 2 aliphatic rings. The molecule has 4 aromatic rings. The highest BCUT2D eigenvalue weighted by molar-refractivity contribution is 5.80. The van der Waals surface area contributed by atoms with Crippen LogP contribution in [0.3, 0.4) is 0 Å². The van der Waals surface area contributed by atoms with Gasteiger partial charge in [0.15, 0.2) is 0 Å². The smallest absolute Gasteiger partial charge is 0.142 e. The maximum atomic E-state index is 5.08. The van der Waals surface area contributed by atoms with Crippen molar-refractivity contribution in [2.75, 3.05) is 55.6 Å². The maximum absolute atomic E-state index is 5.08. The van der Waals surface area contributed by atoms with Crippen LogP contribution >= 0.6 is 0 Å². The number of benzene rings is 1. The minimum atomic E-state index is 0.959. The lowest BCUT2D eigenvalue weighted by Gasteiger charge is -2.36. The van der Waals surface area contributed by atoms with E-state index in [0.29, 0.717) is 0 Å². The molecular formula is C26H30N6. The molecule has 0 radical (unpaired) electrons. The summed E-state index contributed by atoms with van der Waals surface area (Å²) in [6.45, 7) is 8.46. The highest BCUT2D eigenvalue weighted by Gasteiger charge is 2.20. The quantitative estimate of drug-likeness (QED) is 0.482. The fourth-order valence-corrected chi connectivity index (χ4v) is 5.06. The molecule has 164 valence electrons. The van der Waals surface area contributed by atoms with Gasteiger partial charge >= 0.3 is 0 Å². The average molecular weight is 427 g/mol. The van der Waals surface area contributed by atoms with Crippen molar-refractivity contribution in [2.24, 2.45) is 0 Å². The van der Waals surface area contributed by atoms with Gasteiger partial charge in [0, 0.05) is 56.2 Å². The molecule has 2 saturated heterocycles. The van der Waals surface area contributed by atoms with Crippen LogP contribution < -0.4 is 9.80 Å². The predicted molar refractivity (Wildman–Crippen MR) is 132 cm³/mol. The Bertz CT molecular complexity index is 1220. The number of piperazine rings is 1. The van der Waals surface area contributed by atoms with Gasteiger partial charge in [0.25, 0.3) is 0 Å². The first-order valence-electron chi connectivity index (χ1n) is 11.9. The zero-order chi connectivity index (χ0) is 21.3. The summed E-state index contributed by atoms with van der Waals surface area (Å²) in [6, 6.07) is 19.2. The molecule has 2 aliphatic heterocycles. The molecule has 6 heteroatoms. The molecule has 0 atom stereocenters. The van der Waals surface area contributed by atoms with Gasteiger partial charge in [-0.05, 0) is 62.3 Å². The summed E-state index contributed by atoms with van der Waals surface area (Å²) in [6.07, 6.45) is 4.88. The van der Waals surface area contributed by atoms with Crippen molar-refractivity contribution in [1.82, 2.24) is 19.4 Å². The molecule has 0 amide bonds. The Kier molecular flexibility index (Phi) is 5.15. The number of para-hydroxylation sites is 1. The Labute approximate surface area is 189 Å². The van der Waals surface area contributed by atoms with E-state index in [0.717, 1.165) is 62.1 Å². The van der Waals surface area contributed by atoms with Crippen molar-refractivity contribution in [3.05, 3.63) is 60.8 Å². The molecule has 1 aromatic carbocycles. The van der Waals surface area contributed by atoms with E-state index in [9.17, 15) is 0 Å². The first kappa shape index (κ1) is 19.6. The van der Waals surface area contributed by atoms with Crippen LogP contribution in [0, 0.1) is 0 Å². The second-order valence-electron chi connectivity index (χ2n) is 8.98. The fourth-order valence-electron chi connectivity index (χ4n) is 5.06. The van der Waals surface area contributed by atoms with Gasteiger partial charge in [-0.1, -0.05) is 18.2 Å². The van der Waals surface area contributed by atoms with Gasteiger partial charge in [-0.3, -0.25) is 0 Å². The first-order chi connectivity index (χ1) is 15.8. The van der Waals surface area contributed by atoms with Crippen molar-refractivity contribution in [2.45, 2.75) is 19.4 Å². The van der Waals surface area contributed by atoms with Gasteiger partial charge in [0.05, 0.1) is 5.52 Å². The van der Waals surface area contributed by atoms with E-state index in [2.05, 4.69) is 80.1 Å². The summed E-state index contributed by atoms with van der Waals surface area (Å²) in [5, 5.41) is 2.43. The summed E-state index contributed by atoms with van der Waals surface area (Å²) in [5.41, 5.74) is 2.18. The van der Waals surface area contributed by atoms with Gasteiger partial charge in [-0.2, -0.15) is 0 Å². The zero-order valence-corrected chi connectivity index (χ0v) is 18.5. The van der Waals surface area contributed by atoms with Crippen LogP contribution in [-0.4, -0.2) is 65.2 Å². The molecule has 0 N–H and O–H groups in total. The van der Waals surface area contributed by atoms with Crippen LogP contribution in [-0.2, 0) is 6.54 Å². The van der Waals surface area contributed by atoms with Crippen LogP contribution in [0.15, 0.2) is 60.8 Å². The second-order valence-corrected chi connectivity index (χ2v) is 8.98. The first-order valence-corrected chi connectivity index (χ1v) is 11.9. The summed E-state index contributed by atoms with van der Waals surface area (Å²) in [4.78, 5) is 17.3. The molecule has 3 aromatic heterocycles. The topological polar surface area (TPSA) is 40.4 Å². The van der Waals surface area contributed by atoms with Crippen LogP contribution in [0.4, 0.5) is 11.6 Å². The molecule has 0 spiro atoms. The maximum Gasteiger partial charge on any atom is 0.142 e. The van der Waals surface area contributed by atoms with Crippen molar-refractivity contribution >= 4 is 33.6 Å². The van der Waals surface area contributed by atoms with E-state index < -0.39 is 0 Å². The van der Waals surface area contributed by atoms with Crippen LogP contribution in [0.5, 0.6) is 0 Å². The number of pyridine rings is 2. The van der Waals surface area contributed by atoms with Gasteiger partial charge in [0.1, 0.15) is 17.3 Å². The molecule has 5 heterocycles. The number of aromatic nitrogens is 3. The molecule has 2 fully saturated rings. The predicted octanol–water partition coefficient (Wildman–Crippen LogP) is 4.01. The Hall–Kier alpha value is -3.12. The van der Waals surface area contributed by atoms with E-state index >= 15 is 0 Å². The summed E-state index contributed by atoms with van der Waals surface area (Å²) < 4.78 is 2.33. The largest absolute Gasteiger partial charge is 0.353 e. The third-order valence-corrected chi connectivity index (χ3v) is 6.96. The number of likely N-dealkylation sites (tertiary alicyclic amines) is 1. The number of hydrogen-bond acceptors (Lipinski definition) is 5. The zero-order valence-electron chi connectivity index (χ0n) is 18.5. The highest BCUT2D eigenvalue weighted by atomic mass is 15.3. The third-order valence-electron chi connectivity index (χ3n) is 6.96. The molecule has 6 nitrogen and oxygen atoms in total. The highest BCUT2D eigenvalue weighted by Crippen LogP contribution is 2.23. The Balaban J connectivity index is 1.15. The number of anilines is 2. The van der Waals surface area contributed by atoms with E-state index in [1.54, 1.807) is 0 Å². The SMILES string of the molecule is c1ccc2nc(N3CCN(c4ccc5ccn(CCN6CCCC6)c5n4)CC3)ccc2c1. The van der Waals surface area contributed by atoms with E-state index in [1.165, 1.54) is 36.7 Å². The monoisotopic (exact) mass is 426 g/mol.